The minimum atomic E-state index is -0.337. The van der Waals surface area contributed by atoms with Crippen molar-refractivity contribution in [1.29, 1.82) is 0 Å². The summed E-state index contributed by atoms with van der Waals surface area (Å²) in [4.78, 5) is 1.91. The smallest absolute Gasteiger partial charge is 0.129 e. The van der Waals surface area contributed by atoms with Gasteiger partial charge in [-0.25, -0.2) is 4.39 Å². The summed E-state index contributed by atoms with van der Waals surface area (Å²) in [5.74, 6) is -0.274. The second kappa shape index (κ2) is 5.82. The molecule has 1 aromatic carbocycles. The lowest BCUT2D eigenvalue weighted by molar-refractivity contribution is 0.187. The maximum absolute atomic E-state index is 13.5. The van der Waals surface area contributed by atoms with Crippen LogP contribution in [0.5, 0.6) is 0 Å². The number of aliphatic hydroxyl groups excluding tert-OH is 1. The van der Waals surface area contributed by atoms with Crippen LogP contribution in [0.4, 0.5) is 10.1 Å². The third-order valence-corrected chi connectivity index (χ3v) is 2.58. The van der Waals surface area contributed by atoms with E-state index in [2.05, 4.69) is 0 Å². The highest BCUT2D eigenvalue weighted by Crippen LogP contribution is 2.17. The molecule has 0 saturated carbocycles. The predicted molar refractivity (Wildman–Crippen MR) is 63.9 cm³/mol. The van der Waals surface area contributed by atoms with E-state index < -0.39 is 0 Å². The monoisotopic (exact) mass is 226 g/mol. The van der Waals surface area contributed by atoms with Crippen molar-refractivity contribution in [3.05, 3.63) is 29.6 Å². The molecule has 0 spiro atoms. The van der Waals surface area contributed by atoms with Crippen molar-refractivity contribution < 1.29 is 9.50 Å². The van der Waals surface area contributed by atoms with Crippen LogP contribution in [0, 0.1) is 5.82 Å². The quantitative estimate of drug-likeness (QED) is 0.799. The van der Waals surface area contributed by atoms with Gasteiger partial charge in [0.1, 0.15) is 5.82 Å². The summed E-state index contributed by atoms with van der Waals surface area (Å²) in [6.07, 6.45) is 0.326. The highest BCUT2D eigenvalue weighted by Gasteiger charge is 2.06. The third kappa shape index (κ3) is 3.47. The van der Waals surface area contributed by atoms with Crippen LogP contribution in [0.3, 0.4) is 0 Å². The molecule has 0 saturated heterocycles. The largest absolute Gasteiger partial charge is 0.393 e. The fourth-order valence-corrected chi connectivity index (χ4v) is 1.45. The second-order valence-electron chi connectivity index (χ2n) is 4.04. The van der Waals surface area contributed by atoms with E-state index in [1.807, 2.05) is 18.0 Å². The summed E-state index contributed by atoms with van der Waals surface area (Å²) in [6.45, 7) is 2.65. The van der Waals surface area contributed by atoms with Crippen molar-refractivity contribution in [3.8, 4) is 0 Å². The van der Waals surface area contributed by atoms with Crippen LogP contribution in [0.15, 0.2) is 18.2 Å². The lowest BCUT2D eigenvalue weighted by Crippen LogP contribution is -2.22. The molecule has 0 aromatic heterocycles. The van der Waals surface area contributed by atoms with Crippen LogP contribution in [0.2, 0.25) is 0 Å². The number of halogens is 1. The average molecular weight is 226 g/mol. The van der Waals surface area contributed by atoms with E-state index in [4.69, 9.17) is 10.8 Å². The summed E-state index contributed by atoms with van der Waals surface area (Å²) >= 11 is 0. The number of hydrogen-bond acceptors (Lipinski definition) is 3. The molecule has 1 rings (SSSR count). The molecule has 1 aromatic rings. The number of anilines is 1. The predicted octanol–water partition coefficient (Wildman–Crippen LogP) is 1.49. The molecule has 0 aliphatic heterocycles. The minimum Gasteiger partial charge on any atom is -0.393 e. The molecule has 3 N–H and O–H groups in total. The molecule has 0 bridgehead atoms. The Hall–Kier alpha value is -1.13. The number of benzene rings is 1. The Labute approximate surface area is 95.7 Å². The fraction of sp³-hybridized carbons (Fsp3) is 0.500. The van der Waals surface area contributed by atoms with Crippen molar-refractivity contribution in [1.82, 2.24) is 0 Å². The maximum Gasteiger partial charge on any atom is 0.129 e. The number of hydrogen-bond donors (Lipinski definition) is 2. The van der Waals surface area contributed by atoms with Gasteiger partial charge in [-0.05, 0) is 25.5 Å². The molecular weight excluding hydrogens is 207 g/mol. The number of aliphatic hydroxyl groups is 1. The summed E-state index contributed by atoms with van der Waals surface area (Å²) < 4.78 is 13.5. The van der Waals surface area contributed by atoms with E-state index in [1.54, 1.807) is 13.0 Å². The van der Waals surface area contributed by atoms with Gasteiger partial charge in [0.2, 0.25) is 0 Å². The van der Waals surface area contributed by atoms with Crippen molar-refractivity contribution in [2.75, 3.05) is 18.5 Å². The van der Waals surface area contributed by atoms with Crippen LogP contribution < -0.4 is 10.6 Å². The Kier molecular flexibility index (Phi) is 4.71. The van der Waals surface area contributed by atoms with E-state index in [0.29, 0.717) is 18.5 Å². The molecule has 90 valence electrons. The van der Waals surface area contributed by atoms with Crippen LogP contribution in [-0.2, 0) is 6.54 Å². The standard InChI is InChI=1S/C12H19FN2O/c1-9(16)5-6-15(2)11-4-3-10(8-14)12(13)7-11/h3-4,7,9,16H,5-6,8,14H2,1-2H3. The first-order valence-electron chi connectivity index (χ1n) is 5.42. The molecule has 0 fully saturated rings. The van der Waals surface area contributed by atoms with Crippen LogP contribution in [0.1, 0.15) is 18.9 Å². The van der Waals surface area contributed by atoms with Gasteiger partial charge >= 0.3 is 0 Å². The van der Waals surface area contributed by atoms with Gasteiger partial charge in [-0.3, -0.25) is 0 Å². The molecular formula is C12H19FN2O. The van der Waals surface area contributed by atoms with Gasteiger partial charge in [0.05, 0.1) is 6.10 Å². The third-order valence-electron chi connectivity index (χ3n) is 2.58. The van der Waals surface area contributed by atoms with Gasteiger partial charge in [-0.1, -0.05) is 6.07 Å². The van der Waals surface area contributed by atoms with E-state index >= 15 is 0 Å². The molecule has 0 radical (unpaired) electrons. The molecule has 3 nitrogen and oxygen atoms in total. The zero-order chi connectivity index (χ0) is 12.1. The topological polar surface area (TPSA) is 49.5 Å². The van der Waals surface area contributed by atoms with Crippen molar-refractivity contribution in [3.63, 3.8) is 0 Å². The number of nitrogens with zero attached hydrogens (tertiary/aromatic N) is 1. The molecule has 0 aliphatic rings. The van der Waals surface area contributed by atoms with E-state index in [1.165, 1.54) is 6.07 Å². The fourth-order valence-electron chi connectivity index (χ4n) is 1.45. The zero-order valence-corrected chi connectivity index (χ0v) is 9.78. The maximum atomic E-state index is 13.5. The first kappa shape index (κ1) is 12.9. The van der Waals surface area contributed by atoms with E-state index in [0.717, 1.165) is 5.69 Å². The van der Waals surface area contributed by atoms with E-state index in [9.17, 15) is 4.39 Å². The Morgan fingerprint density at radius 2 is 2.19 bits per heavy atom. The molecule has 0 heterocycles. The van der Waals surface area contributed by atoms with Crippen LogP contribution in [0.25, 0.3) is 0 Å². The molecule has 16 heavy (non-hydrogen) atoms. The van der Waals surface area contributed by atoms with Gasteiger partial charge in [0.15, 0.2) is 0 Å². The minimum absolute atomic E-state index is 0.212. The second-order valence-corrected chi connectivity index (χ2v) is 4.04. The van der Waals surface area contributed by atoms with Crippen molar-refractivity contribution in [2.24, 2.45) is 5.73 Å². The Bertz CT molecular complexity index is 342. The van der Waals surface area contributed by atoms with Crippen molar-refractivity contribution >= 4 is 5.69 Å². The van der Waals surface area contributed by atoms with Gasteiger partial charge in [0.25, 0.3) is 0 Å². The average Bonchev–Trinajstić information content (AvgIpc) is 2.25. The van der Waals surface area contributed by atoms with Crippen LogP contribution in [-0.4, -0.2) is 24.8 Å². The Balaban J connectivity index is 2.69. The van der Waals surface area contributed by atoms with Gasteiger partial charge in [-0.2, -0.15) is 0 Å². The Morgan fingerprint density at radius 3 is 2.69 bits per heavy atom. The highest BCUT2D eigenvalue weighted by molar-refractivity contribution is 5.47. The molecule has 0 aliphatic carbocycles. The van der Waals surface area contributed by atoms with Crippen molar-refractivity contribution in [2.45, 2.75) is 26.0 Å². The summed E-state index contributed by atoms with van der Waals surface area (Å²) in [5.41, 5.74) is 6.71. The zero-order valence-electron chi connectivity index (χ0n) is 9.78. The molecule has 4 heteroatoms. The normalized spacial score (nSPS) is 12.6. The number of rotatable bonds is 5. The Morgan fingerprint density at radius 1 is 1.50 bits per heavy atom. The lowest BCUT2D eigenvalue weighted by atomic mass is 10.1. The first-order valence-corrected chi connectivity index (χ1v) is 5.42. The lowest BCUT2D eigenvalue weighted by Gasteiger charge is -2.20. The van der Waals surface area contributed by atoms with Gasteiger partial charge in [-0.15, -0.1) is 0 Å². The SMILES string of the molecule is CC(O)CCN(C)c1ccc(CN)c(F)c1. The van der Waals surface area contributed by atoms with Gasteiger partial charge in [0, 0.05) is 31.4 Å². The number of nitrogens with two attached hydrogens (primary N) is 1. The van der Waals surface area contributed by atoms with Crippen LogP contribution >= 0.6 is 0 Å². The van der Waals surface area contributed by atoms with E-state index in [-0.39, 0.29) is 18.5 Å². The molecule has 1 atom stereocenters. The summed E-state index contributed by atoms with van der Waals surface area (Å²) in [6, 6.07) is 5.01. The molecule has 0 amide bonds. The summed E-state index contributed by atoms with van der Waals surface area (Å²) in [5, 5.41) is 9.17. The molecule has 1 unspecified atom stereocenters. The van der Waals surface area contributed by atoms with Gasteiger partial charge < -0.3 is 15.7 Å². The highest BCUT2D eigenvalue weighted by atomic mass is 19.1. The first-order chi connectivity index (χ1) is 7.54. The summed E-state index contributed by atoms with van der Waals surface area (Å²) in [7, 11) is 1.87.